The summed E-state index contributed by atoms with van der Waals surface area (Å²) in [4.78, 5) is 0. The van der Waals surface area contributed by atoms with E-state index in [0.717, 1.165) is 13.1 Å². The van der Waals surface area contributed by atoms with Gasteiger partial charge in [-0.3, -0.25) is 0 Å². The van der Waals surface area contributed by atoms with E-state index < -0.39 is 10.2 Å². The van der Waals surface area contributed by atoms with Crippen molar-refractivity contribution in [2.45, 2.75) is 58.0 Å². The van der Waals surface area contributed by atoms with E-state index in [4.69, 9.17) is 18.6 Å². The molecule has 0 amide bonds. The number of benzene rings is 2. The maximum atomic E-state index is 8.83. The van der Waals surface area contributed by atoms with Crippen molar-refractivity contribution in [1.82, 2.24) is 0 Å². The maximum absolute atomic E-state index is 8.83. The zero-order valence-corrected chi connectivity index (χ0v) is 20.4. The molecule has 4 aromatic rings. The van der Waals surface area contributed by atoms with Crippen LogP contribution in [0.15, 0.2) is 59.6 Å². The Morgan fingerprint density at radius 1 is 0.625 bits per heavy atom. The molecule has 0 unspecified atom stereocenters. The SMILES string of the molecule is [O-][Cl+](O)(O)O.c1ccc2c(c1)sc[n+]2CCCCCCCCC[n+]1csc2ccccc21. The standard InChI is InChI=1S/C23H28N2S2.ClH3O4/c1(2-4-10-16-24-18-26-22-14-8-6-12-20(22)24)3-5-11-17-25-19-27-23-15-9-7-13-21(23)25;2-1(3,4)5/h6-9,12-15,18-19H,1-5,10-11,16-17H2;2-4H/q+2;. The van der Waals surface area contributed by atoms with Crippen LogP contribution in [0.4, 0.5) is 0 Å². The molecule has 0 radical (unpaired) electrons. The molecule has 174 valence electrons. The molecule has 6 nitrogen and oxygen atoms in total. The van der Waals surface area contributed by atoms with Crippen molar-refractivity contribution < 1.29 is 38.0 Å². The number of hydrogen-bond acceptors (Lipinski definition) is 6. The summed E-state index contributed by atoms with van der Waals surface area (Å²) >= 11 is 3.70. The van der Waals surface area contributed by atoms with Gasteiger partial charge in [0, 0.05) is 25.0 Å². The number of halogens is 1. The van der Waals surface area contributed by atoms with Crippen molar-refractivity contribution in [2.75, 3.05) is 0 Å². The topological polar surface area (TPSA) is 91.5 Å². The molecule has 2 aromatic carbocycles. The van der Waals surface area contributed by atoms with Crippen LogP contribution in [0.1, 0.15) is 44.9 Å². The molecule has 0 aliphatic carbocycles. The van der Waals surface area contributed by atoms with E-state index in [1.165, 1.54) is 65.4 Å². The molecule has 0 aliphatic heterocycles. The van der Waals surface area contributed by atoms with Gasteiger partial charge in [0.2, 0.25) is 22.1 Å². The van der Waals surface area contributed by atoms with Crippen LogP contribution in [-0.4, -0.2) is 14.0 Å². The van der Waals surface area contributed by atoms with E-state index in [1.54, 1.807) is 0 Å². The normalized spacial score (nSPS) is 12.1. The number of aromatic nitrogens is 2. The van der Waals surface area contributed by atoms with Gasteiger partial charge >= 0.3 is 28.9 Å². The molecular formula is C23H31ClN2O4S2+2. The van der Waals surface area contributed by atoms with Crippen molar-refractivity contribution >= 4 is 43.1 Å². The first-order valence-corrected chi connectivity index (χ1v) is 13.9. The van der Waals surface area contributed by atoms with Gasteiger partial charge in [-0.15, -0.1) is 0 Å². The average molecular weight is 499 g/mol. The molecular weight excluding hydrogens is 468 g/mol. The first-order valence-electron chi connectivity index (χ1n) is 10.8. The van der Waals surface area contributed by atoms with Gasteiger partial charge in [0.15, 0.2) is 0 Å². The van der Waals surface area contributed by atoms with E-state index in [9.17, 15) is 0 Å². The Bertz CT molecular complexity index is 1010. The van der Waals surface area contributed by atoms with Gasteiger partial charge < -0.3 is 0 Å². The van der Waals surface area contributed by atoms with Crippen LogP contribution in [0.5, 0.6) is 0 Å². The van der Waals surface area contributed by atoms with E-state index >= 15 is 0 Å². The molecule has 2 heterocycles. The quantitative estimate of drug-likeness (QED) is 0.231. The number of rotatable bonds is 10. The van der Waals surface area contributed by atoms with Crippen LogP contribution < -0.4 is 13.8 Å². The summed E-state index contributed by atoms with van der Waals surface area (Å²) in [5.41, 5.74) is 7.33. The average Bonchev–Trinajstić information content (AvgIpc) is 3.36. The largest absolute Gasteiger partial charge is 0.225 e. The molecule has 4 rings (SSSR count). The third kappa shape index (κ3) is 8.37. The predicted molar refractivity (Wildman–Crippen MR) is 123 cm³/mol. The second-order valence-electron chi connectivity index (χ2n) is 7.68. The van der Waals surface area contributed by atoms with Crippen LogP contribution in [0.3, 0.4) is 0 Å². The van der Waals surface area contributed by atoms with Crippen molar-refractivity contribution in [3.8, 4) is 0 Å². The number of hydrogen-bond donors (Lipinski definition) is 3. The van der Waals surface area contributed by atoms with Gasteiger partial charge in [-0.05, 0) is 25.0 Å². The molecule has 0 bridgehead atoms. The summed E-state index contributed by atoms with van der Waals surface area (Å²) in [7, 11) is -4.19. The van der Waals surface area contributed by atoms with Gasteiger partial charge in [-0.2, -0.15) is 9.13 Å². The molecule has 2 aromatic heterocycles. The molecule has 0 aliphatic rings. The van der Waals surface area contributed by atoms with E-state index in [2.05, 4.69) is 68.7 Å². The Labute approximate surface area is 198 Å². The summed E-state index contributed by atoms with van der Waals surface area (Å²) in [6, 6.07) is 17.4. The summed E-state index contributed by atoms with van der Waals surface area (Å²) < 4.78 is 37.9. The molecule has 0 atom stereocenters. The fourth-order valence-electron chi connectivity index (χ4n) is 3.74. The molecule has 32 heavy (non-hydrogen) atoms. The summed E-state index contributed by atoms with van der Waals surface area (Å²) in [5, 5.41) is 0. The molecule has 0 fully saturated rings. The first-order chi connectivity index (χ1) is 15.4. The fraction of sp³-hybridized carbons (Fsp3) is 0.391. The van der Waals surface area contributed by atoms with Crippen LogP contribution in [-0.2, 0) is 13.1 Å². The maximum Gasteiger partial charge on any atom is 0.225 e. The van der Waals surface area contributed by atoms with Crippen molar-refractivity contribution in [2.24, 2.45) is 0 Å². The van der Waals surface area contributed by atoms with E-state index in [0.29, 0.717) is 0 Å². The van der Waals surface area contributed by atoms with Crippen LogP contribution >= 0.6 is 22.7 Å². The minimum absolute atomic E-state index is 1.16. The van der Waals surface area contributed by atoms with Gasteiger partial charge in [0.05, 0.1) is 0 Å². The fourth-order valence-corrected chi connectivity index (χ4v) is 5.58. The molecule has 3 N–H and O–H groups in total. The van der Waals surface area contributed by atoms with Crippen LogP contribution in [0, 0.1) is 10.2 Å². The molecule has 9 heteroatoms. The van der Waals surface area contributed by atoms with Crippen LogP contribution in [0.2, 0.25) is 0 Å². The molecule has 0 saturated heterocycles. The van der Waals surface area contributed by atoms with Gasteiger partial charge in [-0.1, -0.05) is 66.2 Å². The number of fused-ring (bicyclic) bond motifs is 2. The second-order valence-corrected chi connectivity index (χ2v) is 10.3. The zero-order valence-electron chi connectivity index (χ0n) is 18.0. The first kappa shape index (κ1) is 25.0. The predicted octanol–water partition coefficient (Wildman–Crippen LogP) is 3.26. The number of thiazole rings is 2. The van der Waals surface area contributed by atoms with Gasteiger partial charge in [0.25, 0.3) is 0 Å². The zero-order chi connectivity index (χ0) is 22.8. The van der Waals surface area contributed by atoms with Gasteiger partial charge in [-0.25, -0.2) is 0 Å². The summed E-state index contributed by atoms with van der Waals surface area (Å²) in [6.07, 6.45) is 9.41. The Morgan fingerprint density at radius 3 is 1.38 bits per heavy atom. The number of para-hydroxylation sites is 2. The summed E-state index contributed by atoms with van der Waals surface area (Å²) in [6.45, 7) is 2.32. The minimum atomic E-state index is -4.19. The Kier molecular flexibility index (Phi) is 9.80. The third-order valence-electron chi connectivity index (χ3n) is 5.26. The molecule has 0 spiro atoms. The Balaban J connectivity index is 0.000000523. The van der Waals surface area contributed by atoms with E-state index in [-0.39, 0.29) is 0 Å². The van der Waals surface area contributed by atoms with Crippen molar-refractivity contribution in [1.29, 1.82) is 0 Å². The van der Waals surface area contributed by atoms with Crippen molar-refractivity contribution in [3.05, 3.63) is 59.6 Å². The second kappa shape index (κ2) is 12.6. The van der Waals surface area contributed by atoms with Crippen molar-refractivity contribution in [3.63, 3.8) is 0 Å². The number of unbranched alkanes of at least 4 members (excludes halogenated alkanes) is 6. The number of nitrogens with zero attached hydrogens (tertiary/aromatic N) is 2. The van der Waals surface area contributed by atoms with E-state index in [1.807, 2.05) is 22.7 Å². The molecule has 0 saturated carbocycles. The van der Waals surface area contributed by atoms with Crippen LogP contribution in [0.25, 0.3) is 20.4 Å². The van der Waals surface area contributed by atoms with Gasteiger partial charge in [0.1, 0.15) is 22.5 Å². The monoisotopic (exact) mass is 498 g/mol. The number of aryl methyl sites for hydroxylation is 2. The smallest absolute Gasteiger partial charge is 0.188 e. The summed E-state index contributed by atoms with van der Waals surface area (Å²) in [5.74, 6) is 0. The Hall–Kier alpha value is -1.65. The Morgan fingerprint density at radius 2 is 0.969 bits per heavy atom. The minimum Gasteiger partial charge on any atom is -0.188 e. The third-order valence-corrected chi connectivity index (χ3v) is 7.18.